The van der Waals surface area contributed by atoms with Crippen LogP contribution in [-0.2, 0) is 12.2 Å². The van der Waals surface area contributed by atoms with E-state index in [4.69, 9.17) is 9.84 Å². The molecule has 27 heavy (non-hydrogen) atoms. The highest BCUT2D eigenvalue weighted by Crippen LogP contribution is 2.25. The van der Waals surface area contributed by atoms with Gasteiger partial charge in [0.2, 0.25) is 0 Å². The number of benzene rings is 1. The lowest BCUT2D eigenvalue weighted by Gasteiger charge is -2.14. The highest BCUT2D eigenvalue weighted by Gasteiger charge is 2.16. The molecule has 0 aliphatic carbocycles. The fraction of sp³-hybridized carbons (Fsp3) is 0.263. The summed E-state index contributed by atoms with van der Waals surface area (Å²) < 4.78 is 5.16. The average Bonchev–Trinajstić information content (AvgIpc) is 2.73. The molecule has 0 fully saturated rings. The SMILES string of the molecule is O=c1[nH]c(-c2ccc(-c3cnc(OCCO)nc3)cc2)nc2c1CSCC2. The van der Waals surface area contributed by atoms with Crippen molar-refractivity contribution in [2.24, 2.45) is 0 Å². The molecule has 1 aliphatic rings. The van der Waals surface area contributed by atoms with Crippen LogP contribution in [0.3, 0.4) is 0 Å². The van der Waals surface area contributed by atoms with Crippen molar-refractivity contribution in [3.63, 3.8) is 0 Å². The van der Waals surface area contributed by atoms with Crippen LogP contribution < -0.4 is 10.3 Å². The van der Waals surface area contributed by atoms with Crippen LogP contribution in [-0.4, -0.2) is 44.0 Å². The van der Waals surface area contributed by atoms with E-state index in [1.165, 1.54) is 0 Å². The van der Waals surface area contributed by atoms with Gasteiger partial charge in [-0.15, -0.1) is 0 Å². The van der Waals surface area contributed by atoms with E-state index in [0.29, 0.717) is 5.82 Å². The summed E-state index contributed by atoms with van der Waals surface area (Å²) in [5.41, 5.74) is 4.32. The lowest BCUT2D eigenvalue weighted by molar-refractivity contribution is 0.191. The zero-order chi connectivity index (χ0) is 18.6. The van der Waals surface area contributed by atoms with Gasteiger partial charge < -0.3 is 14.8 Å². The summed E-state index contributed by atoms with van der Waals surface area (Å²) in [5.74, 6) is 2.33. The van der Waals surface area contributed by atoms with Crippen molar-refractivity contribution in [2.75, 3.05) is 19.0 Å². The van der Waals surface area contributed by atoms with Crippen LogP contribution in [0, 0.1) is 0 Å². The van der Waals surface area contributed by atoms with Crippen molar-refractivity contribution in [1.29, 1.82) is 0 Å². The second-order valence-electron chi connectivity index (χ2n) is 6.05. The molecule has 1 aliphatic heterocycles. The molecule has 138 valence electrons. The highest BCUT2D eigenvalue weighted by atomic mass is 32.2. The molecule has 0 amide bonds. The third-order valence-corrected chi connectivity index (χ3v) is 5.26. The first kappa shape index (κ1) is 17.7. The summed E-state index contributed by atoms with van der Waals surface area (Å²) in [6.45, 7) is 0.0863. The van der Waals surface area contributed by atoms with Gasteiger partial charge in [-0.1, -0.05) is 24.3 Å². The van der Waals surface area contributed by atoms with E-state index in [9.17, 15) is 4.79 Å². The maximum Gasteiger partial charge on any atom is 0.316 e. The standard InChI is InChI=1S/C19H18N4O3S/c24-6-7-26-19-20-9-14(10-21-19)12-1-3-13(4-2-12)17-22-16-5-8-27-11-15(16)18(25)23-17/h1-4,9-10,24H,5-8,11H2,(H,22,23,25). The van der Waals surface area contributed by atoms with Gasteiger partial charge in [0.05, 0.1) is 12.3 Å². The van der Waals surface area contributed by atoms with Gasteiger partial charge in [0.1, 0.15) is 12.4 Å². The van der Waals surface area contributed by atoms with Crippen LogP contribution >= 0.6 is 11.8 Å². The summed E-state index contributed by atoms with van der Waals surface area (Å²) in [6, 6.07) is 7.97. The number of aryl methyl sites for hydroxylation is 1. The Labute approximate surface area is 159 Å². The zero-order valence-corrected chi connectivity index (χ0v) is 15.3. The largest absolute Gasteiger partial charge is 0.461 e. The number of hydrogen-bond acceptors (Lipinski definition) is 7. The van der Waals surface area contributed by atoms with Gasteiger partial charge >= 0.3 is 6.01 Å². The first-order valence-corrected chi connectivity index (χ1v) is 9.76. The van der Waals surface area contributed by atoms with Crippen LogP contribution in [0.4, 0.5) is 0 Å². The maximum absolute atomic E-state index is 12.3. The summed E-state index contributed by atoms with van der Waals surface area (Å²) in [7, 11) is 0. The summed E-state index contributed by atoms with van der Waals surface area (Å²) in [4.78, 5) is 28.1. The number of fused-ring (bicyclic) bond motifs is 1. The van der Waals surface area contributed by atoms with E-state index in [0.717, 1.165) is 45.9 Å². The van der Waals surface area contributed by atoms with E-state index < -0.39 is 0 Å². The molecular weight excluding hydrogens is 364 g/mol. The smallest absolute Gasteiger partial charge is 0.316 e. The van der Waals surface area contributed by atoms with Crippen LogP contribution in [0.5, 0.6) is 6.01 Å². The number of ether oxygens (including phenoxy) is 1. The van der Waals surface area contributed by atoms with E-state index in [2.05, 4.69) is 19.9 Å². The number of nitrogens with one attached hydrogen (secondary N) is 1. The first-order valence-electron chi connectivity index (χ1n) is 8.61. The second kappa shape index (κ2) is 7.89. The Morgan fingerprint density at radius 3 is 2.59 bits per heavy atom. The Morgan fingerprint density at radius 2 is 1.85 bits per heavy atom. The normalized spacial score (nSPS) is 13.2. The van der Waals surface area contributed by atoms with Gasteiger partial charge in [-0.2, -0.15) is 11.8 Å². The lowest BCUT2D eigenvalue weighted by Crippen LogP contribution is -2.21. The molecule has 4 rings (SSSR count). The number of nitrogens with zero attached hydrogens (tertiary/aromatic N) is 3. The molecule has 0 unspecified atom stereocenters. The van der Waals surface area contributed by atoms with E-state index >= 15 is 0 Å². The minimum Gasteiger partial charge on any atom is -0.461 e. The Balaban J connectivity index is 1.57. The summed E-state index contributed by atoms with van der Waals surface area (Å²) >= 11 is 1.77. The van der Waals surface area contributed by atoms with Crippen LogP contribution in [0.2, 0.25) is 0 Å². The number of aliphatic hydroxyl groups excluding tert-OH is 1. The third-order valence-electron chi connectivity index (χ3n) is 4.27. The van der Waals surface area contributed by atoms with E-state index in [1.807, 2.05) is 24.3 Å². The first-order chi connectivity index (χ1) is 13.2. The number of H-pyrrole nitrogens is 1. The second-order valence-corrected chi connectivity index (χ2v) is 7.15. The van der Waals surface area contributed by atoms with E-state index in [-0.39, 0.29) is 24.8 Å². The molecule has 0 saturated heterocycles. The number of aromatic nitrogens is 4. The number of aliphatic hydroxyl groups is 1. The molecule has 8 heteroatoms. The Morgan fingerprint density at radius 1 is 1.11 bits per heavy atom. The third kappa shape index (κ3) is 3.86. The fourth-order valence-corrected chi connectivity index (χ4v) is 3.86. The average molecular weight is 382 g/mol. The Kier molecular flexibility index (Phi) is 5.17. The summed E-state index contributed by atoms with van der Waals surface area (Å²) in [5, 5.41) is 8.75. The summed E-state index contributed by atoms with van der Waals surface area (Å²) in [6.07, 6.45) is 4.17. The molecule has 3 aromatic rings. The molecule has 0 saturated carbocycles. The molecule has 1 aromatic carbocycles. The lowest BCUT2D eigenvalue weighted by atomic mass is 10.1. The van der Waals surface area contributed by atoms with Crippen molar-refractivity contribution in [3.8, 4) is 28.5 Å². The van der Waals surface area contributed by atoms with Crippen molar-refractivity contribution >= 4 is 11.8 Å². The van der Waals surface area contributed by atoms with Gasteiger partial charge in [-0.05, 0) is 17.7 Å². The number of rotatable bonds is 5. The number of hydrogen-bond donors (Lipinski definition) is 2. The van der Waals surface area contributed by atoms with Crippen LogP contribution in [0.25, 0.3) is 22.5 Å². The molecule has 0 radical (unpaired) electrons. The van der Waals surface area contributed by atoms with Crippen molar-refractivity contribution in [2.45, 2.75) is 12.2 Å². The van der Waals surface area contributed by atoms with Gasteiger partial charge in [-0.25, -0.2) is 15.0 Å². The highest BCUT2D eigenvalue weighted by molar-refractivity contribution is 7.98. The Hall–Kier alpha value is -2.71. The molecule has 0 bridgehead atoms. The Bertz CT molecular complexity index is 987. The van der Waals surface area contributed by atoms with Gasteiger partial charge in [0.15, 0.2) is 0 Å². The maximum atomic E-state index is 12.3. The molecule has 2 aromatic heterocycles. The minimum absolute atomic E-state index is 0.0434. The fourth-order valence-electron chi connectivity index (χ4n) is 2.88. The predicted octanol–water partition coefficient (Wildman–Crippen LogP) is 2.05. The van der Waals surface area contributed by atoms with Gasteiger partial charge in [0, 0.05) is 34.8 Å². The molecule has 2 N–H and O–H groups in total. The number of aromatic amines is 1. The molecule has 0 atom stereocenters. The van der Waals surface area contributed by atoms with Crippen LogP contribution in [0.1, 0.15) is 11.3 Å². The van der Waals surface area contributed by atoms with Crippen molar-refractivity contribution in [3.05, 3.63) is 58.3 Å². The van der Waals surface area contributed by atoms with Crippen LogP contribution in [0.15, 0.2) is 41.5 Å². The quantitative estimate of drug-likeness (QED) is 0.696. The van der Waals surface area contributed by atoms with Gasteiger partial charge in [0.25, 0.3) is 5.56 Å². The molecular formula is C19H18N4O3S. The monoisotopic (exact) mass is 382 g/mol. The molecule has 7 nitrogen and oxygen atoms in total. The predicted molar refractivity (Wildman–Crippen MR) is 104 cm³/mol. The zero-order valence-electron chi connectivity index (χ0n) is 14.5. The molecule has 3 heterocycles. The van der Waals surface area contributed by atoms with E-state index in [1.54, 1.807) is 24.2 Å². The van der Waals surface area contributed by atoms with Crippen molar-refractivity contribution < 1.29 is 9.84 Å². The number of thioether (sulfide) groups is 1. The minimum atomic E-state index is -0.0791. The van der Waals surface area contributed by atoms with Gasteiger partial charge in [-0.3, -0.25) is 4.79 Å². The topological polar surface area (TPSA) is 101 Å². The molecule has 0 spiro atoms. The van der Waals surface area contributed by atoms with Crippen molar-refractivity contribution in [1.82, 2.24) is 19.9 Å².